The lowest BCUT2D eigenvalue weighted by Gasteiger charge is -2.15. The summed E-state index contributed by atoms with van der Waals surface area (Å²) in [7, 11) is 0. The van der Waals surface area contributed by atoms with Crippen molar-refractivity contribution in [3.05, 3.63) is 46.7 Å². The van der Waals surface area contributed by atoms with Crippen LogP contribution in [0.4, 0.5) is 0 Å². The third-order valence-electron chi connectivity index (χ3n) is 5.10. The molecule has 0 bridgehead atoms. The number of benzene rings is 1. The Labute approximate surface area is 139 Å². The number of carbonyl (C=O) groups is 1. The average molecular weight is 332 g/mol. The highest BCUT2D eigenvalue weighted by molar-refractivity contribution is 6.30. The Hall–Kier alpha value is -1.85. The van der Waals surface area contributed by atoms with Crippen LogP contribution in [-0.4, -0.2) is 44.9 Å². The molecule has 1 unspecified atom stereocenters. The third kappa shape index (κ3) is 2.35. The van der Waals surface area contributed by atoms with Crippen molar-refractivity contribution in [1.29, 1.82) is 0 Å². The number of rotatable bonds is 2. The third-order valence-corrected chi connectivity index (χ3v) is 5.35. The number of likely N-dealkylation sites (tertiary alicyclic amines) is 1. The van der Waals surface area contributed by atoms with Gasteiger partial charge < -0.3 is 10.0 Å². The summed E-state index contributed by atoms with van der Waals surface area (Å²) in [6.07, 6.45) is 3.25. The van der Waals surface area contributed by atoms with Crippen LogP contribution < -0.4 is 0 Å². The lowest BCUT2D eigenvalue weighted by Crippen LogP contribution is -2.30. The zero-order valence-corrected chi connectivity index (χ0v) is 13.6. The van der Waals surface area contributed by atoms with Crippen LogP contribution in [0.1, 0.15) is 28.9 Å². The van der Waals surface area contributed by atoms with Gasteiger partial charge in [0.1, 0.15) is 0 Å². The van der Waals surface area contributed by atoms with Gasteiger partial charge in [0.25, 0.3) is 5.91 Å². The first-order valence-corrected chi connectivity index (χ1v) is 8.16. The molecule has 4 rings (SSSR count). The van der Waals surface area contributed by atoms with Crippen molar-refractivity contribution in [2.75, 3.05) is 13.1 Å². The molecule has 1 aliphatic heterocycles. The van der Waals surface area contributed by atoms with Crippen LogP contribution in [0.25, 0.3) is 5.69 Å². The highest BCUT2D eigenvalue weighted by atomic mass is 35.5. The van der Waals surface area contributed by atoms with Gasteiger partial charge in [-0.2, -0.15) is 5.10 Å². The van der Waals surface area contributed by atoms with E-state index in [0.29, 0.717) is 23.7 Å². The van der Waals surface area contributed by atoms with Gasteiger partial charge in [-0.3, -0.25) is 4.79 Å². The first-order valence-electron chi connectivity index (χ1n) is 7.78. The first kappa shape index (κ1) is 14.7. The Bertz CT molecular complexity index is 765. The maximum absolute atomic E-state index is 12.8. The molecule has 1 atom stereocenters. The highest BCUT2D eigenvalue weighted by Crippen LogP contribution is 2.52. The number of β-amino-alcohol motifs (C(OH)–C–C–N with tert-alkyl or cyclic N) is 1. The quantitative estimate of drug-likeness (QED) is 0.919. The van der Waals surface area contributed by atoms with Gasteiger partial charge in [-0.1, -0.05) is 11.6 Å². The van der Waals surface area contributed by atoms with Crippen molar-refractivity contribution in [3.8, 4) is 5.69 Å². The van der Waals surface area contributed by atoms with Gasteiger partial charge in [0.2, 0.25) is 0 Å². The minimum Gasteiger partial charge on any atom is -0.391 e. The second-order valence-electron chi connectivity index (χ2n) is 6.60. The van der Waals surface area contributed by atoms with E-state index in [4.69, 9.17) is 11.6 Å². The molecule has 5 nitrogen and oxygen atoms in total. The van der Waals surface area contributed by atoms with Crippen LogP contribution in [-0.2, 0) is 0 Å². The number of hydrogen-bond donors (Lipinski definition) is 1. The van der Waals surface area contributed by atoms with Crippen molar-refractivity contribution in [2.24, 2.45) is 5.41 Å². The fourth-order valence-electron chi connectivity index (χ4n) is 3.39. The van der Waals surface area contributed by atoms with E-state index >= 15 is 0 Å². The summed E-state index contributed by atoms with van der Waals surface area (Å²) in [5.41, 5.74) is 2.22. The van der Waals surface area contributed by atoms with E-state index in [-0.39, 0.29) is 11.3 Å². The van der Waals surface area contributed by atoms with Gasteiger partial charge in [-0.25, -0.2) is 4.68 Å². The molecule has 1 amide bonds. The molecule has 23 heavy (non-hydrogen) atoms. The number of carbonyl (C=O) groups excluding carboxylic acids is 1. The Morgan fingerprint density at radius 2 is 2.04 bits per heavy atom. The SMILES string of the molecule is Cc1c(C(=O)N2CC(O)C3(CC3)C2)cnn1-c1ccc(Cl)cc1. The van der Waals surface area contributed by atoms with Gasteiger partial charge >= 0.3 is 0 Å². The number of halogens is 1. The van der Waals surface area contributed by atoms with E-state index in [2.05, 4.69) is 5.10 Å². The summed E-state index contributed by atoms with van der Waals surface area (Å²) >= 11 is 5.91. The molecule has 2 aromatic rings. The predicted octanol–water partition coefficient (Wildman–Crippen LogP) is 2.43. The van der Waals surface area contributed by atoms with E-state index in [9.17, 15) is 9.90 Å². The van der Waals surface area contributed by atoms with Crippen molar-refractivity contribution in [1.82, 2.24) is 14.7 Å². The molecule has 1 saturated heterocycles. The number of aliphatic hydroxyl groups excluding tert-OH is 1. The lowest BCUT2D eigenvalue weighted by atomic mass is 10.0. The fourth-order valence-corrected chi connectivity index (χ4v) is 3.52. The molecule has 1 aromatic carbocycles. The van der Waals surface area contributed by atoms with E-state index in [0.717, 1.165) is 24.2 Å². The minimum atomic E-state index is -0.391. The summed E-state index contributed by atoms with van der Waals surface area (Å²) in [4.78, 5) is 14.5. The second kappa shape index (κ2) is 5.08. The molecule has 2 aliphatic rings. The van der Waals surface area contributed by atoms with Crippen LogP contribution in [0.15, 0.2) is 30.5 Å². The number of hydrogen-bond acceptors (Lipinski definition) is 3. The molecular formula is C17H18ClN3O2. The summed E-state index contributed by atoms with van der Waals surface area (Å²) in [6, 6.07) is 7.34. The largest absolute Gasteiger partial charge is 0.391 e. The summed E-state index contributed by atoms with van der Waals surface area (Å²) < 4.78 is 1.74. The van der Waals surface area contributed by atoms with Crippen molar-refractivity contribution in [2.45, 2.75) is 25.9 Å². The van der Waals surface area contributed by atoms with Crippen LogP contribution >= 0.6 is 11.6 Å². The van der Waals surface area contributed by atoms with Crippen molar-refractivity contribution >= 4 is 17.5 Å². The molecule has 6 heteroatoms. The number of aliphatic hydroxyl groups is 1. The molecule has 1 saturated carbocycles. The van der Waals surface area contributed by atoms with Crippen molar-refractivity contribution in [3.63, 3.8) is 0 Å². The Kier molecular flexibility index (Phi) is 3.25. The minimum absolute atomic E-state index is 0.0320. The average Bonchev–Trinajstić information content (AvgIpc) is 3.11. The Morgan fingerprint density at radius 3 is 2.65 bits per heavy atom. The molecule has 1 spiro atoms. The zero-order valence-electron chi connectivity index (χ0n) is 12.9. The van der Waals surface area contributed by atoms with Gasteiger partial charge in [0.15, 0.2) is 0 Å². The van der Waals surface area contributed by atoms with Gasteiger partial charge in [0, 0.05) is 23.5 Å². The summed E-state index contributed by atoms with van der Waals surface area (Å²) in [5, 5.41) is 15.1. The Balaban J connectivity index is 1.60. The van der Waals surface area contributed by atoms with Crippen LogP contribution in [0.3, 0.4) is 0 Å². The van der Waals surface area contributed by atoms with Crippen LogP contribution in [0.2, 0.25) is 5.02 Å². The van der Waals surface area contributed by atoms with E-state index < -0.39 is 6.10 Å². The number of aromatic nitrogens is 2. The molecule has 2 fully saturated rings. The van der Waals surface area contributed by atoms with E-state index in [1.165, 1.54) is 0 Å². The van der Waals surface area contributed by atoms with Crippen molar-refractivity contribution < 1.29 is 9.90 Å². The maximum atomic E-state index is 12.8. The summed E-state index contributed by atoms with van der Waals surface area (Å²) in [5.74, 6) is -0.0504. The molecule has 0 radical (unpaired) electrons. The molecule has 1 aliphatic carbocycles. The number of amides is 1. The van der Waals surface area contributed by atoms with Gasteiger partial charge in [-0.15, -0.1) is 0 Å². The highest BCUT2D eigenvalue weighted by Gasteiger charge is 2.55. The van der Waals surface area contributed by atoms with Gasteiger partial charge in [-0.05, 0) is 44.0 Å². The topological polar surface area (TPSA) is 58.4 Å². The monoisotopic (exact) mass is 331 g/mol. The zero-order chi connectivity index (χ0) is 16.2. The van der Waals surface area contributed by atoms with E-state index in [1.54, 1.807) is 27.9 Å². The second-order valence-corrected chi connectivity index (χ2v) is 7.03. The molecule has 1 N–H and O–H groups in total. The van der Waals surface area contributed by atoms with Crippen LogP contribution in [0, 0.1) is 12.3 Å². The lowest BCUT2D eigenvalue weighted by molar-refractivity contribution is 0.0763. The Morgan fingerprint density at radius 1 is 1.35 bits per heavy atom. The normalized spacial score (nSPS) is 21.9. The van der Waals surface area contributed by atoms with Gasteiger partial charge in [0.05, 0.1) is 29.2 Å². The van der Waals surface area contributed by atoms with E-state index in [1.807, 2.05) is 19.1 Å². The molecular weight excluding hydrogens is 314 g/mol. The fraction of sp³-hybridized carbons (Fsp3) is 0.412. The molecule has 2 heterocycles. The summed E-state index contributed by atoms with van der Waals surface area (Å²) in [6.45, 7) is 2.96. The smallest absolute Gasteiger partial charge is 0.257 e. The number of nitrogens with zero attached hydrogens (tertiary/aromatic N) is 3. The molecule has 120 valence electrons. The van der Waals surface area contributed by atoms with Crippen LogP contribution in [0.5, 0.6) is 0 Å². The molecule has 1 aromatic heterocycles. The predicted molar refractivity (Wildman–Crippen MR) is 86.9 cm³/mol. The maximum Gasteiger partial charge on any atom is 0.257 e. The first-order chi connectivity index (χ1) is 11.0. The standard InChI is InChI=1S/C17H18ClN3O2/c1-11-14(8-19-21(11)13-4-2-12(18)3-5-13)16(23)20-9-15(22)17(10-20)6-7-17/h2-5,8,15,22H,6-7,9-10H2,1H3.